The van der Waals surface area contributed by atoms with E-state index in [9.17, 15) is 8.42 Å². The fraction of sp³-hybridized carbons (Fsp3) is 0.429. The Morgan fingerprint density at radius 2 is 1.78 bits per heavy atom. The van der Waals surface area contributed by atoms with Crippen LogP contribution in [0.4, 0.5) is 0 Å². The lowest BCUT2D eigenvalue weighted by atomic mass is 10.1. The van der Waals surface area contributed by atoms with E-state index < -0.39 is 10.0 Å². The summed E-state index contributed by atoms with van der Waals surface area (Å²) in [6.07, 6.45) is 2.40. The summed E-state index contributed by atoms with van der Waals surface area (Å²) in [5.41, 5.74) is 2.57. The van der Waals surface area contributed by atoms with E-state index in [0.717, 1.165) is 29.7 Å². The number of methoxy groups -OCH3 is 1. The van der Waals surface area contributed by atoms with Gasteiger partial charge in [0.25, 0.3) is 0 Å². The van der Waals surface area contributed by atoms with Crippen LogP contribution in [0.25, 0.3) is 0 Å². The second kappa shape index (κ2) is 9.76. The van der Waals surface area contributed by atoms with E-state index in [2.05, 4.69) is 11.6 Å². The molecule has 0 fully saturated rings. The predicted octanol–water partition coefficient (Wildman–Crippen LogP) is 4.01. The molecule has 0 saturated heterocycles. The van der Waals surface area contributed by atoms with Crippen LogP contribution in [0.1, 0.15) is 36.5 Å². The van der Waals surface area contributed by atoms with Crippen molar-refractivity contribution in [3.8, 4) is 11.5 Å². The molecule has 2 aromatic carbocycles. The Morgan fingerprint density at radius 1 is 1.04 bits per heavy atom. The van der Waals surface area contributed by atoms with Gasteiger partial charge in [-0.05, 0) is 68.0 Å². The largest absolute Gasteiger partial charge is 0.496 e. The summed E-state index contributed by atoms with van der Waals surface area (Å²) < 4.78 is 39.0. The van der Waals surface area contributed by atoms with Gasteiger partial charge in [0.15, 0.2) is 0 Å². The van der Waals surface area contributed by atoms with Gasteiger partial charge in [0, 0.05) is 6.54 Å². The van der Waals surface area contributed by atoms with Gasteiger partial charge < -0.3 is 9.47 Å². The van der Waals surface area contributed by atoms with Gasteiger partial charge in [-0.2, -0.15) is 0 Å². The fourth-order valence-electron chi connectivity index (χ4n) is 2.90. The van der Waals surface area contributed by atoms with Gasteiger partial charge in [-0.15, -0.1) is 0 Å². The van der Waals surface area contributed by atoms with E-state index >= 15 is 0 Å². The SMILES string of the molecule is CCCOc1ccccc1CCCNS(=O)(=O)c1cc(C)c(OC)cc1C. The standard InChI is InChI=1S/C21H29NO4S/c1-5-13-26-19-11-7-6-9-18(19)10-8-12-22-27(23,24)21-15-16(2)20(25-4)14-17(21)3/h6-7,9,11,14-15,22H,5,8,10,12-13H2,1-4H3. The Balaban J connectivity index is 1.98. The average Bonchev–Trinajstić information content (AvgIpc) is 2.65. The van der Waals surface area contributed by atoms with Crippen LogP contribution in [0.3, 0.4) is 0 Å². The summed E-state index contributed by atoms with van der Waals surface area (Å²) in [6, 6.07) is 11.3. The van der Waals surface area contributed by atoms with Gasteiger partial charge in [0.2, 0.25) is 10.0 Å². The number of aryl methyl sites for hydroxylation is 3. The van der Waals surface area contributed by atoms with Crippen LogP contribution in [0, 0.1) is 13.8 Å². The molecule has 0 unspecified atom stereocenters. The third-order valence-corrected chi connectivity index (χ3v) is 5.93. The molecule has 2 rings (SSSR count). The van der Waals surface area contributed by atoms with Crippen LogP contribution in [0.15, 0.2) is 41.3 Å². The molecular formula is C21H29NO4S. The Kier molecular flexibility index (Phi) is 7.68. The van der Waals surface area contributed by atoms with E-state index in [4.69, 9.17) is 9.47 Å². The van der Waals surface area contributed by atoms with E-state index in [1.165, 1.54) is 0 Å². The first-order chi connectivity index (χ1) is 12.9. The molecule has 0 amide bonds. The summed E-state index contributed by atoms with van der Waals surface area (Å²) >= 11 is 0. The number of hydrogen-bond acceptors (Lipinski definition) is 4. The van der Waals surface area contributed by atoms with Gasteiger partial charge in [0.1, 0.15) is 11.5 Å². The quantitative estimate of drug-likeness (QED) is 0.622. The van der Waals surface area contributed by atoms with Crippen molar-refractivity contribution in [2.24, 2.45) is 0 Å². The molecule has 2 aromatic rings. The van der Waals surface area contributed by atoms with Gasteiger partial charge in [-0.25, -0.2) is 13.1 Å². The van der Waals surface area contributed by atoms with Crippen molar-refractivity contribution in [3.63, 3.8) is 0 Å². The molecule has 0 bridgehead atoms. The molecule has 148 valence electrons. The topological polar surface area (TPSA) is 64.6 Å². The second-order valence-electron chi connectivity index (χ2n) is 6.54. The molecule has 6 heteroatoms. The number of nitrogens with one attached hydrogen (secondary N) is 1. The van der Waals surface area contributed by atoms with Crippen molar-refractivity contribution in [2.45, 2.75) is 44.9 Å². The Morgan fingerprint density at radius 3 is 2.48 bits per heavy atom. The number of hydrogen-bond donors (Lipinski definition) is 1. The van der Waals surface area contributed by atoms with Crippen molar-refractivity contribution < 1.29 is 17.9 Å². The van der Waals surface area contributed by atoms with Crippen LogP contribution in [-0.2, 0) is 16.4 Å². The summed E-state index contributed by atoms with van der Waals surface area (Å²) in [4.78, 5) is 0.299. The highest BCUT2D eigenvalue weighted by molar-refractivity contribution is 7.89. The van der Waals surface area contributed by atoms with Crippen LogP contribution >= 0.6 is 0 Å². The highest BCUT2D eigenvalue weighted by atomic mass is 32.2. The van der Waals surface area contributed by atoms with E-state index in [0.29, 0.717) is 35.8 Å². The zero-order chi connectivity index (χ0) is 19.9. The van der Waals surface area contributed by atoms with Crippen molar-refractivity contribution >= 4 is 10.0 Å². The molecule has 5 nitrogen and oxygen atoms in total. The highest BCUT2D eigenvalue weighted by Crippen LogP contribution is 2.25. The highest BCUT2D eigenvalue weighted by Gasteiger charge is 2.18. The molecule has 0 spiro atoms. The first-order valence-electron chi connectivity index (χ1n) is 9.24. The molecule has 1 N–H and O–H groups in total. The van der Waals surface area contributed by atoms with Gasteiger partial charge >= 0.3 is 0 Å². The summed E-state index contributed by atoms with van der Waals surface area (Å²) in [7, 11) is -1.97. The van der Waals surface area contributed by atoms with Crippen molar-refractivity contribution in [1.29, 1.82) is 0 Å². The van der Waals surface area contributed by atoms with Crippen molar-refractivity contribution in [2.75, 3.05) is 20.3 Å². The second-order valence-corrected chi connectivity index (χ2v) is 8.28. The maximum absolute atomic E-state index is 12.6. The minimum atomic E-state index is -3.55. The molecule has 0 atom stereocenters. The minimum Gasteiger partial charge on any atom is -0.496 e. The summed E-state index contributed by atoms with van der Waals surface area (Å²) in [5, 5.41) is 0. The third-order valence-electron chi connectivity index (χ3n) is 4.33. The van der Waals surface area contributed by atoms with Crippen LogP contribution in [0.5, 0.6) is 11.5 Å². The zero-order valence-electron chi connectivity index (χ0n) is 16.5. The lowest BCUT2D eigenvalue weighted by Gasteiger charge is -2.13. The Bertz CT molecular complexity index is 862. The molecular weight excluding hydrogens is 362 g/mol. The first-order valence-corrected chi connectivity index (χ1v) is 10.7. The number of sulfonamides is 1. The van der Waals surface area contributed by atoms with E-state index in [1.54, 1.807) is 26.2 Å². The van der Waals surface area contributed by atoms with Crippen molar-refractivity contribution in [3.05, 3.63) is 53.1 Å². The molecule has 0 aliphatic heterocycles. The Hall–Kier alpha value is -2.05. The maximum Gasteiger partial charge on any atom is 0.240 e. The molecule has 0 radical (unpaired) electrons. The summed E-state index contributed by atoms with van der Waals surface area (Å²) in [6.45, 7) is 6.73. The Labute approximate surface area is 162 Å². The molecule has 0 aromatic heterocycles. The lowest BCUT2D eigenvalue weighted by Crippen LogP contribution is -2.26. The lowest BCUT2D eigenvalue weighted by molar-refractivity contribution is 0.314. The summed E-state index contributed by atoms with van der Waals surface area (Å²) in [5.74, 6) is 1.57. The fourth-order valence-corrected chi connectivity index (χ4v) is 4.28. The van der Waals surface area contributed by atoms with Crippen LogP contribution in [-0.4, -0.2) is 28.7 Å². The average molecular weight is 392 g/mol. The number of ether oxygens (including phenoxy) is 2. The van der Waals surface area contributed by atoms with Gasteiger partial charge in [0.05, 0.1) is 18.6 Å². The monoisotopic (exact) mass is 391 g/mol. The number of para-hydroxylation sites is 1. The molecule has 0 heterocycles. The third kappa shape index (κ3) is 5.71. The van der Waals surface area contributed by atoms with E-state index in [1.807, 2.05) is 31.2 Å². The number of rotatable bonds is 10. The maximum atomic E-state index is 12.6. The molecule has 0 aliphatic rings. The first kappa shape index (κ1) is 21.3. The molecule has 27 heavy (non-hydrogen) atoms. The molecule has 0 aliphatic carbocycles. The van der Waals surface area contributed by atoms with Crippen LogP contribution < -0.4 is 14.2 Å². The normalized spacial score (nSPS) is 11.4. The van der Waals surface area contributed by atoms with E-state index in [-0.39, 0.29) is 0 Å². The smallest absolute Gasteiger partial charge is 0.240 e. The minimum absolute atomic E-state index is 0.299. The van der Waals surface area contributed by atoms with Gasteiger partial charge in [-0.3, -0.25) is 0 Å². The molecule has 0 saturated carbocycles. The zero-order valence-corrected chi connectivity index (χ0v) is 17.4. The van der Waals surface area contributed by atoms with Crippen molar-refractivity contribution in [1.82, 2.24) is 4.72 Å². The number of benzene rings is 2. The van der Waals surface area contributed by atoms with Crippen LogP contribution in [0.2, 0.25) is 0 Å². The van der Waals surface area contributed by atoms with Gasteiger partial charge in [-0.1, -0.05) is 25.1 Å². The predicted molar refractivity (Wildman–Crippen MR) is 108 cm³/mol.